The molecule has 0 aromatic heterocycles. The fourth-order valence-corrected chi connectivity index (χ4v) is 1.80. The van der Waals surface area contributed by atoms with Crippen molar-refractivity contribution in [3.63, 3.8) is 0 Å². The van der Waals surface area contributed by atoms with E-state index in [0.29, 0.717) is 22.2 Å². The molecule has 1 aromatic carbocycles. The van der Waals surface area contributed by atoms with Gasteiger partial charge < -0.3 is 14.8 Å². The number of nitrogens with one attached hydrogen (secondary N) is 2. The predicted molar refractivity (Wildman–Crippen MR) is 77.1 cm³/mol. The maximum atomic E-state index is 11.6. The van der Waals surface area contributed by atoms with Crippen molar-refractivity contribution in [3.05, 3.63) is 17.2 Å². The van der Waals surface area contributed by atoms with Crippen molar-refractivity contribution < 1.29 is 19.1 Å². The summed E-state index contributed by atoms with van der Waals surface area (Å²) in [7, 11) is 2.90. The first-order valence-electron chi connectivity index (χ1n) is 5.60. The lowest BCUT2D eigenvalue weighted by Gasteiger charge is -2.13. The number of urea groups is 1. The van der Waals surface area contributed by atoms with Crippen molar-refractivity contribution in [3.8, 4) is 11.5 Å². The summed E-state index contributed by atoms with van der Waals surface area (Å²) in [5.74, 6) is 0.423. The minimum absolute atomic E-state index is 0.0511. The second-order valence-corrected chi connectivity index (χ2v) is 4.41. The van der Waals surface area contributed by atoms with E-state index in [2.05, 4.69) is 10.6 Å². The van der Waals surface area contributed by atoms with E-state index in [4.69, 9.17) is 32.7 Å². The van der Waals surface area contributed by atoms with Crippen LogP contribution >= 0.6 is 23.2 Å². The highest BCUT2D eigenvalue weighted by molar-refractivity contribution is 6.32. The molecule has 0 saturated heterocycles. The van der Waals surface area contributed by atoms with Gasteiger partial charge in [0.25, 0.3) is 0 Å². The maximum absolute atomic E-state index is 11.6. The van der Waals surface area contributed by atoms with Crippen LogP contribution < -0.4 is 20.1 Å². The van der Waals surface area contributed by atoms with Gasteiger partial charge in [-0.25, -0.2) is 4.79 Å². The number of hydrogen-bond acceptors (Lipinski definition) is 4. The molecule has 0 heterocycles. The Hall–Kier alpha value is -1.66. The largest absolute Gasteiger partial charge is 0.495 e. The summed E-state index contributed by atoms with van der Waals surface area (Å²) in [5, 5.41) is 4.89. The lowest BCUT2D eigenvalue weighted by atomic mass is 10.2. The minimum Gasteiger partial charge on any atom is -0.495 e. The van der Waals surface area contributed by atoms with Crippen molar-refractivity contribution in [2.24, 2.45) is 0 Å². The lowest BCUT2D eigenvalue weighted by molar-refractivity contribution is -0.119. The summed E-state index contributed by atoms with van der Waals surface area (Å²) in [4.78, 5) is 22.8. The number of ether oxygens (including phenoxy) is 2. The SMILES string of the molecule is COc1cc(OC)c(NC(=O)NC(=O)CCCl)cc1Cl. The van der Waals surface area contributed by atoms with Gasteiger partial charge in [0.05, 0.1) is 24.9 Å². The molecule has 0 aliphatic heterocycles. The van der Waals surface area contributed by atoms with Crippen molar-refractivity contribution in [2.45, 2.75) is 6.42 Å². The standard InChI is InChI=1S/C12H14Cl2N2O4/c1-19-9-6-10(20-2)8(5-7(9)14)15-12(18)16-11(17)3-4-13/h5-6H,3-4H2,1-2H3,(H2,15,16,17,18). The van der Waals surface area contributed by atoms with Crippen LogP contribution in [0.15, 0.2) is 12.1 Å². The van der Waals surface area contributed by atoms with E-state index in [1.807, 2.05) is 0 Å². The Balaban J connectivity index is 2.83. The molecule has 1 rings (SSSR count). The zero-order chi connectivity index (χ0) is 15.1. The molecule has 0 radical (unpaired) electrons. The lowest BCUT2D eigenvalue weighted by Crippen LogP contribution is -2.34. The van der Waals surface area contributed by atoms with E-state index in [-0.39, 0.29) is 12.3 Å². The van der Waals surface area contributed by atoms with E-state index in [1.165, 1.54) is 26.4 Å². The van der Waals surface area contributed by atoms with Gasteiger partial charge in [-0.3, -0.25) is 10.1 Å². The molecule has 3 amide bonds. The molecule has 20 heavy (non-hydrogen) atoms. The Morgan fingerprint density at radius 3 is 2.40 bits per heavy atom. The third-order valence-electron chi connectivity index (χ3n) is 2.30. The second-order valence-electron chi connectivity index (χ2n) is 3.63. The van der Waals surface area contributed by atoms with E-state index >= 15 is 0 Å². The summed E-state index contributed by atoms with van der Waals surface area (Å²) in [6.07, 6.45) is 0.0511. The quantitative estimate of drug-likeness (QED) is 0.818. The number of hydrogen-bond donors (Lipinski definition) is 2. The number of amides is 3. The summed E-state index contributed by atoms with van der Waals surface area (Å²) in [5.41, 5.74) is 0.314. The summed E-state index contributed by atoms with van der Waals surface area (Å²) >= 11 is 11.4. The van der Waals surface area contributed by atoms with Gasteiger partial charge in [-0.1, -0.05) is 11.6 Å². The number of halogens is 2. The summed E-state index contributed by atoms with van der Waals surface area (Å²) in [6.45, 7) is 0. The van der Waals surface area contributed by atoms with Gasteiger partial charge in [0.2, 0.25) is 5.91 Å². The van der Waals surface area contributed by atoms with E-state index < -0.39 is 11.9 Å². The molecule has 2 N–H and O–H groups in total. The monoisotopic (exact) mass is 320 g/mol. The van der Waals surface area contributed by atoms with Crippen LogP contribution in [0.3, 0.4) is 0 Å². The average molecular weight is 321 g/mol. The molecule has 110 valence electrons. The van der Waals surface area contributed by atoms with Crippen LogP contribution in [-0.4, -0.2) is 32.0 Å². The van der Waals surface area contributed by atoms with Crippen molar-refractivity contribution >= 4 is 40.8 Å². The molecule has 8 heteroatoms. The molecule has 0 aliphatic rings. The smallest absolute Gasteiger partial charge is 0.325 e. The Labute approximate surface area is 126 Å². The van der Waals surface area contributed by atoms with E-state index in [9.17, 15) is 9.59 Å². The molecular weight excluding hydrogens is 307 g/mol. The second kappa shape index (κ2) is 7.81. The normalized spacial score (nSPS) is 9.80. The van der Waals surface area contributed by atoms with Crippen molar-refractivity contribution in [2.75, 3.05) is 25.4 Å². The van der Waals surface area contributed by atoms with Crippen LogP contribution in [0.2, 0.25) is 5.02 Å². The Bertz CT molecular complexity index is 508. The summed E-state index contributed by atoms with van der Waals surface area (Å²) in [6, 6.07) is 2.29. The van der Waals surface area contributed by atoms with Crippen LogP contribution in [0, 0.1) is 0 Å². The highest BCUT2D eigenvalue weighted by Gasteiger charge is 2.13. The van der Waals surface area contributed by atoms with Gasteiger partial charge in [-0.15, -0.1) is 11.6 Å². The van der Waals surface area contributed by atoms with Crippen LogP contribution in [0.4, 0.5) is 10.5 Å². The average Bonchev–Trinajstić information content (AvgIpc) is 2.39. The third-order valence-corrected chi connectivity index (χ3v) is 2.78. The third kappa shape index (κ3) is 4.47. The molecule has 0 atom stereocenters. The van der Waals surface area contributed by atoms with Crippen molar-refractivity contribution in [1.29, 1.82) is 0 Å². The number of rotatable bonds is 5. The van der Waals surface area contributed by atoms with E-state index in [0.717, 1.165) is 0 Å². The molecule has 1 aromatic rings. The number of anilines is 1. The molecule has 0 saturated carbocycles. The fourth-order valence-electron chi connectivity index (χ4n) is 1.39. The maximum Gasteiger partial charge on any atom is 0.325 e. The zero-order valence-corrected chi connectivity index (χ0v) is 12.5. The Kier molecular flexibility index (Phi) is 6.41. The number of imide groups is 1. The summed E-state index contributed by atoms with van der Waals surface area (Å²) < 4.78 is 10.1. The number of carbonyl (C=O) groups excluding carboxylic acids is 2. The molecule has 0 bridgehead atoms. The molecule has 0 fully saturated rings. The van der Waals surface area contributed by atoms with Gasteiger partial charge in [0, 0.05) is 18.4 Å². The molecule has 6 nitrogen and oxygen atoms in total. The highest BCUT2D eigenvalue weighted by Crippen LogP contribution is 2.35. The molecular formula is C12H14Cl2N2O4. The van der Waals surface area contributed by atoms with Crippen LogP contribution in [-0.2, 0) is 4.79 Å². The van der Waals surface area contributed by atoms with Crippen molar-refractivity contribution in [1.82, 2.24) is 5.32 Å². The predicted octanol–water partition coefficient (Wildman–Crippen LogP) is 2.63. The molecule has 0 spiro atoms. The number of carbonyl (C=O) groups is 2. The number of methoxy groups -OCH3 is 2. The first-order valence-corrected chi connectivity index (χ1v) is 6.51. The first kappa shape index (κ1) is 16.4. The number of benzene rings is 1. The minimum atomic E-state index is -0.695. The van der Waals surface area contributed by atoms with Crippen LogP contribution in [0.25, 0.3) is 0 Å². The van der Waals surface area contributed by atoms with Gasteiger partial charge in [0.15, 0.2) is 0 Å². The van der Waals surface area contributed by atoms with Crippen LogP contribution in [0.5, 0.6) is 11.5 Å². The molecule has 0 aliphatic carbocycles. The van der Waals surface area contributed by atoms with Gasteiger partial charge in [-0.2, -0.15) is 0 Å². The first-order chi connectivity index (χ1) is 9.51. The Morgan fingerprint density at radius 1 is 1.20 bits per heavy atom. The van der Waals surface area contributed by atoms with Gasteiger partial charge >= 0.3 is 6.03 Å². The Morgan fingerprint density at radius 2 is 1.85 bits per heavy atom. The van der Waals surface area contributed by atoms with Crippen LogP contribution in [0.1, 0.15) is 6.42 Å². The fraction of sp³-hybridized carbons (Fsp3) is 0.333. The topological polar surface area (TPSA) is 76.7 Å². The van der Waals surface area contributed by atoms with E-state index in [1.54, 1.807) is 0 Å². The highest BCUT2D eigenvalue weighted by atomic mass is 35.5. The number of alkyl halides is 1. The van der Waals surface area contributed by atoms with Gasteiger partial charge in [0.1, 0.15) is 11.5 Å². The zero-order valence-electron chi connectivity index (χ0n) is 11.0. The van der Waals surface area contributed by atoms with Gasteiger partial charge in [-0.05, 0) is 6.07 Å². The molecule has 0 unspecified atom stereocenters.